The highest BCUT2D eigenvalue weighted by molar-refractivity contribution is 5.95. The molecular weight excluding hydrogens is 648 g/mol. The number of methoxy groups -OCH3 is 1. The van der Waals surface area contributed by atoms with E-state index in [1.165, 1.54) is 7.11 Å². The van der Waals surface area contributed by atoms with Crippen molar-refractivity contribution in [2.45, 2.75) is 91.3 Å². The Hall–Kier alpha value is -4.67. The number of rotatable bonds is 15. The molecule has 2 aromatic rings. The second-order valence-corrected chi connectivity index (χ2v) is 14.8. The van der Waals surface area contributed by atoms with Crippen molar-refractivity contribution in [2.75, 3.05) is 26.8 Å². The Morgan fingerprint density at radius 3 is 1.75 bits per heavy atom. The van der Waals surface area contributed by atoms with Crippen molar-refractivity contribution in [1.82, 2.24) is 20.9 Å². The zero-order valence-corrected chi connectivity index (χ0v) is 31.0. The van der Waals surface area contributed by atoms with Gasteiger partial charge in [0.2, 0.25) is 17.7 Å². The molecule has 3 N–H and O–H groups in total. The Labute approximate surface area is 301 Å². The number of benzene rings is 2. The standard InChI is InChI=1S/C40H54N4O7/c1-24(2)19-33(36(45)42-35(21-26(5)6)38(47)44-18-12-13-27(22-44)39(48)50-7)41-37(46)34(20-25(3)4)43-40(49)51-23-32-30-16-10-8-14-28(30)29-15-9-11-17-31(29)32/h8-11,13-17,24-26,32-35H,12,18-23H2,1-7H3,(H,41,46)(H,42,45)(H,43,49)/t33-,34-,35-/m0/s1. The van der Waals surface area contributed by atoms with Crippen LogP contribution < -0.4 is 16.0 Å². The van der Waals surface area contributed by atoms with E-state index >= 15 is 0 Å². The molecule has 0 bridgehead atoms. The number of fused-ring (bicyclic) bond motifs is 3. The number of nitrogens with one attached hydrogen (secondary N) is 3. The fraction of sp³-hybridized carbons (Fsp3) is 0.525. The quantitative estimate of drug-likeness (QED) is 0.213. The third-order valence-electron chi connectivity index (χ3n) is 9.23. The van der Waals surface area contributed by atoms with E-state index < -0.39 is 42.0 Å². The van der Waals surface area contributed by atoms with Gasteiger partial charge in [0.05, 0.1) is 19.2 Å². The lowest BCUT2D eigenvalue weighted by Gasteiger charge is -2.32. The molecule has 0 unspecified atom stereocenters. The van der Waals surface area contributed by atoms with Crippen molar-refractivity contribution in [3.8, 4) is 11.1 Å². The van der Waals surface area contributed by atoms with Crippen LogP contribution in [0.5, 0.6) is 0 Å². The largest absolute Gasteiger partial charge is 0.466 e. The van der Waals surface area contributed by atoms with E-state index in [0.717, 1.165) is 22.3 Å². The van der Waals surface area contributed by atoms with Crippen LogP contribution in [0.15, 0.2) is 60.2 Å². The molecule has 1 heterocycles. The van der Waals surface area contributed by atoms with E-state index in [1.54, 1.807) is 11.0 Å². The lowest BCUT2D eigenvalue weighted by atomic mass is 9.98. The zero-order chi connectivity index (χ0) is 37.2. The summed E-state index contributed by atoms with van der Waals surface area (Å²) in [7, 11) is 1.30. The Bertz CT molecular complexity index is 1560. The summed E-state index contributed by atoms with van der Waals surface area (Å²) < 4.78 is 10.6. The van der Waals surface area contributed by atoms with E-state index in [2.05, 4.69) is 28.1 Å². The zero-order valence-electron chi connectivity index (χ0n) is 31.0. The van der Waals surface area contributed by atoms with Gasteiger partial charge in [0.15, 0.2) is 0 Å². The first kappa shape index (κ1) is 39.1. The number of esters is 1. The van der Waals surface area contributed by atoms with Gasteiger partial charge in [0.1, 0.15) is 24.7 Å². The number of hydrogen-bond acceptors (Lipinski definition) is 7. The highest BCUT2D eigenvalue weighted by Crippen LogP contribution is 2.44. The maximum absolute atomic E-state index is 13.8. The fourth-order valence-electron chi connectivity index (χ4n) is 6.86. The third-order valence-corrected chi connectivity index (χ3v) is 9.23. The number of hydrogen-bond donors (Lipinski definition) is 3. The van der Waals surface area contributed by atoms with Gasteiger partial charge in [-0.2, -0.15) is 0 Å². The molecule has 4 amide bonds. The molecule has 0 fully saturated rings. The topological polar surface area (TPSA) is 143 Å². The molecule has 276 valence electrons. The molecule has 1 aliphatic carbocycles. The van der Waals surface area contributed by atoms with E-state index in [-0.39, 0.29) is 42.7 Å². The van der Waals surface area contributed by atoms with Crippen LogP contribution >= 0.6 is 0 Å². The van der Waals surface area contributed by atoms with Gasteiger partial charge in [-0.1, -0.05) is 96.1 Å². The molecule has 0 spiro atoms. The molecule has 4 rings (SSSR count). The van der Waals surface area contributed by atoms with Gasteiger partial charge < -0.3 is 30.3 Å². The summed E-state index contributed by atoms with van der Waals surface area (Å²) >= 11 is 0. The van der Waals surface area contributed by atoms with Gasteiger partial charge in [-0.15, -0.1) is 0 Å². The van der Waals surface area contributed by atoms with Crippen molar-refractivity contribution in [3.05, 3.63) is 71.3 Å². The van der Waals surface area contributed by atoms with Crippen LogP contribution in [0.4, 0.5) is 4.79 Å². The normalized spacial score (nSPS) is 15.7. The molecule has 1 aliphatic heterocycles. The number of carbonyl (C=O) groups is 5. The Balaban J connectivity index is 1.43. The average Bonchev–Trinajstić information content (AvgIpc) is 3.42. The summed E-state index contributed by atoms with van der Waals surface area (Å²) in [4.78, 5) is 68.3. The summed E-state index contributed by atoms with van der Waals surface area (Å²) in [6, 6.07) is 13.4. The summed E-state index contributed by atoms with van der Waals surface area (Å²) in [5.74, 6) is -1.74. The number of amides is 4. The molecule has 2 aliphatic rings. The van der Waals surface area contributed by atoms with Crippen LogP contribution in [0.25, 0.3) is 11.1 Å². The van der Waals surface area contributed by atoms with Gasteiger partial charge in [-0.05, 0) is 65.7 Å². The van der Waals surface area contributed by atoms with Crippen molar-refractivity contribution in [1.29, 1.82) is 0 Å². The van der Waals surface area contributed by atoms with Gasteiger partial charge in [-0.25, -0.2) is 9.59 Å². The summed E-state index contributed by atoms with van der Waals surface area (Å²) in [5.41, 5.74) is 4.80. The molecule has 3 atom stereocenters. The summed E-state index contributed by atoms with van der Waals surface area (Å²) in [6.07, 6.45) is 2.57. The van der Waals surface area contributed by atoms with Crippen LogP contribution in [0.2, 0.25) is 0 Å². The molecule has 11 nitrogen and oxygen atoms in total. The van der Waals surface area contributed by atoms with Crippen LogP contribution in [0.1, 0.15) is 84.3 Å². The molecule has 0 aromatic heterocycles. The predicted octanol–water partition coefficient (Wildman–Crippen LogP) is 5.33. The Kier molecular flexibility index (Phi) is 13.8. The van der Waals surface area contributed by atoms with E-state index in [4.69, 9.17) is 9.47 Å². The molecule has 2 aromatic carbocycles. The van der Waals surface area contributed by atoms with Gasteiger partial charge in [0, 0.05) is 12.5 Å². The van der Waals surface area contributed by atoms with Crippen molar-refractivity contribution >= 4 is 29.8 Å². The average molecular weight is 703 g/mol. The highest BCUT2D eigenvalue weighted by atomic mass is 16.5. The number of nitrogens with zero attached hydrogens (tertiary/aromatic N) is 1. The first-order valence-corrected chi connectivity index (χ1v) is 18.1. The predicted molar refractivity (Wildman–Crippen MR) is 196 cm³/mol. The monoisotopic (exact) mass is 702 g/mol. The van der Waals surface area contributed by atoms with E-state index in [0.29, 0.717) is 37.8 Å². The number of alkyl carbamates (subject to hydrolysis) is 1. The summed E-state index contributed by atoms with van der Waals surface area (Å²) in [5, 5.41) is 8.54. The Morgan fingerprint density at radius 1 is 0.725 bits per heavy atom. The molecular formula is C40H54N4O7. The van der Waals surface area contributed by atoms with E-state index in [9.17, 15) is 24.0 Å². The third kappa shape index (κ3) is 10.4. The molecule has 0 saturated heterocycles. The minimum absolute atomic E-state index is 0.0359. The van der Waals surface area contributed by atoms with Gasteiger partial charge in [0.25, 0.3) is 0 Å². The van der Waals surface area contributed by atoms with Crippen molar-refractivity contribution < 1.29 is 33.4 Å². The molecule has 0 radical (unpaired) electrons. The second kappa shape index (κ2) is 18.0. The lowest BCUT2D eigenvalue weighted by molar-refractivity contribution is -0.139. The highest BCUT2D eigenvalue weighted by Gasteiger charge is 2.34. The minimum Gasteiger partial charge on any atom is -0.466 e. The van der Waals surface area contributed by atoms with Crippen molar-refractivity contribution in [2.24, 2.45) is 17.8 Å². The Morgan fingerprint density at radius 2 is 1.22 bits per heavy atom. The summed E-state index contributed by atoms with van der Waals surface area (Å²) in [6.45, 7) is 12.3. The lowest BCUT2D eigenvalue weighted by Crippen LogP contribution is -2.58. The minimum atomic E-state index is -0.953. The first-order valence-electron chi connectivity index (χ1n) is 18.1. The maximum Gasteiger partial charge on any atom is 0.407 e. The van der Waals surface area contributed by atoms with Gasteiger partial charge >= 0.3 is 12.1 Å². The maximum atomic E-state index is 13.8. The van der Waals surface area contributed by atoms with Crippen molar-refractivity contribution in [3.63, 3.8) is 0 Å². The molecule has 11 heteroatoms. The van der Waals surface area contributed by atoms with E-state index in [1.807, 2.05) is 77.9 Å². The first-order chi connectivity index (χ1) is 24.3. The smallest absolute Gasteiger partial charge is 0.407 e. The fourth-order valence-corrected chi connectivity index (χ4v) is 6.86. The number of ether oxygens (including phenoxy) is 2. The second-order valence-electron chi connectivity index (χ2n) is 14.8. The van der Waals surface area contributed by atoms with Crippen LogP contribution in [0, 0.1) is 17.8 Å². The van der Waals surface area contributed by atoms with Crippen LogP contribution in [0.3, 0.4) is 0 Å². The van der Waals surface area contributed by atoms with Crippen LogP contribution in [-0.4, -0.2) is 79.6 Å². The molecule has 51 heavy (non-hydrogen) atoms. The van der Waals surface area contributed by atoms with Gasteiger partial charge in [-0.3, -0.25) is 14.4 Å². The molecule has 0 saturated carbocycles. The number of carbonyl (C=O) groups excluding carboxylic acids is 5. The van der Waals surface area contributed by atoms with Crippen LogP contribution in [-0.2, 0) is 28.7 Å². The SMILES string of the molecule is COC(=O)C1=CCCN(C(=O)[C@H](CC(C)C)NC(=O)[C@H](CC(C)C)NC(=O)[C@H](CC(C)C)NC(=O)OCC2c3ccccc3-c3ccccc32)C1.